The minimum atomic E-state index is -0.249. The number of rotatable bonds is 4. The lowest BCUT2D eigenvalue weighted by Gasteiger charge is -2.14. The standard InChI is InChI=1S/C8H17NO2/c1-4-5-6-7-9(2)8(10)11-3/h4-7H2,1-3H3. The molecule has 3 heteroatoms. The fourth-order valence-corrected chi connectivity index (χ4v) is 0.846. The smallest absolute Gasteiger partial charge is 0.409 e. The molecule has 0 aromatic carbocycles. The molecule has 11 heavy (non-hydrogen) atoms. The molecule has 0 aromatic heterocycles. The van der Waals surface area contributed by atoms with E-state index in [4.69, 9.17) is 0 Å². The number of amides is 1. The number of ether oxygens (including phenoxy) is 1. The van der Waals surface area contributed by atoms with Crippen LogP contribution in [0.15, 0.2) is 0 Å². The van der Waals surface area contributed by atoms with Gasteiger partial charge in [-0.25, -0.2) is 4.79 Å². The second-order valence-corrected chi connectivity index (χ2v) is 2.60. The number of hydrogen-bond acceptors (Lipinski definition) is 2. The van der Waals surface area contributed by atoms with E-state index >= 15 is 0 Å². The number of carbonyl (C=O) groups excluding carboxylic acids is 1. The number of hydrogen-bond donors (Lipinski definition) is 0. The van der Waals surface area contributed by atoms with E-state index in [0.717, 1.165) is 13.0 Å². The van der Waals surface area contributed by atoms with E-state index in [1.165, 1.54) is 20.0 Å². The van der Waals surface area contributed by atoms with Crippen LogP contribution in [0.25, 0.3) is 0 Å². The summed E-state index contributed by atoms with van der Waals surface area (Å²) in [7, 11) is 3.15. The van der Waals surface area contributed by atoms with Crippen molar-refractivity contribution in [3.8, 4) is 0 Å². The van der Waals surface area contributed by atoms with Crippen LogP contribution in [0.1, 0.15) is 26.2 Å². The van der Waals surface area contributed by atoms with Crippen LogP contribution in [0, 0.1) is 0 Å². The van der Waals surface area contributed by atoms with Crippen LogP contribution >= 0.6 is 0 Å². The van der Waals surface area contributed by atoms with Crippen LogP contribution in [0.5, 0.6) is 0 Å². The summed E-state index contributed by atoms with van der Waals surface area (Å²) >= 11 is 0. The fourth-order valence-electron chi connectivity index (χ4n) is 0.846. The molecule has 0 saturated carbocycles. The summed E-state index contributed by atoms with van der Waals surface area (Å²) in [5.41, 5.74) is 0. The number of nitrogens with zero attached hydrogens (tertiary/aromatic N) is 1. The maximum Gasteiger partial charge on any atom is 0.409 e. The van der Waals surface area contributed by atoms with E-state index in [1.807, 2.05) is 0 Å². The lowest BCUT2D eigenvalue weighted by molar-refractivity contribution is 0.132. The Labute approximate surface area is 68.3 Å². The monoisotopic (exact) mass is 159 g/mol. The molecule has 0 saturated heterocycles. The second-order valence-electron chi connectivity index (χ2n) is 2.60. The Balaban J connectivity index is 3.36. The molecular weight excluding hydrogens is 142 g/mol. The molecule has 1 amide bonds. The Morgan fingerprint density at radius 1 is 1.45 bits per heavy atom. The van der Waals surface area contributed by atoms with Gasteiger partial charge in [0, 0.05) is 13.6 Å². The Hall–Kier alpha value is -0.730. The molecule has 0 radical (unpaired) electrons. The molecule has 0 bridgehead atoms. The first-order valence-electron chi connectivity index (χ1n) is 4.01. The van der Waals surface area contributed by atoms with Crippen molar-refractivity contribution in [3.63, 3.8) is 0 Å². The summed E-state index contributed by atoms with van der Waals surface area (Å²) in [6.45, 7) is 2.93. The molecule has 0 atom stereocenters. The van der Waals surface area contributed by atoms with Gasteiger partial charge < -0.3 is 9.64 Å². The zero-order chi connectivity index (χ0) is 8.69. The highest BCUT2D eigenvalue weighted by molar-refractivity contribution is 5.66. The molecule has 0 N–H and O–H groups in total. The van der Waals surface area contributed by atoms with Gasteiger partial charge in [0.15, 0.2) is 0 Å². The minimum absolute atomic E-state index is 0.249. The summed E-state index contributed by atoms with van der Waals surface area (Å²) in [5, 5.41) is 0. The van der Waals surface area contributed by atoms with Gasteiger partial charge in [0.2, 0.25) is 0 Å². The second kappa shape index (κ2) is 6.01. The molecule has 0 aliphatic rings. The highest BCUT2D eigenvalue weighted by Crippen LogP contribution is 1.97. The predicted octanol–water partition coefficient (Wildman–Crippen LogP) is 1.87. The maximum absolute atomic E-state index is 10.8. The topological polar surface area (TPSA) is 29.5 Å². The van der Waals surface area contributed by atoms with Crippen molar-refractivity contribution < 1.29 is 9.53 Å². The zero-order valence-electron chi connectivity index (χ0n) is 7.59. The third kappa shape index (κ3) is 4.65. The van der Waals surface area contributed by atoms with Crippen molar-refractivity contribution in [3.05, 3.63) is 0 Å². The summed E-state index contributed by atoms with van der Waals surface area (Å²) in [6.07, 6.45) is 3.15. The van der Waals surface area contributed by atoms with Gasteiger partial charge in [-0.3, -0.25) is 0 Å². The van der Waals surface area contributed by atoms with E-state index in [1.54, 1.807) is 11.9 Å². The molecule has 66 valence electrons. The van der Waals surface area contributed by atoms with Crippen LogP contribution in [0.3, 0.4) is 0 Å². The van der Waals surface area contributed by atoms with Crippen molar-refractivity contribution in [2.75, 3.05) is 20.7 Å². The van der Waals surface area contributed by atoms with Gasteiger partial charge in [0.1, 0.15) is 0 Å². The van der Waals surface area contributed by atoms with E-state index in [9.17, 15) is 4.79 Å². The summed E-state index contributed by atoms with van der Waals surface area (Å²) < 4.78 is 4.53. The Morgan fingerprint density at radius 2 is 2.09 bits per heavy atom. The molecule has 0 unspecified atom stereocenters. The molecule has 0 heterocycles. The van der Waals surface area contributed by atoms with Crippen LogP contribution in [0.2, 0.25) is 0 Å². The summed E-state index contributed by atoms with van der Waals surface area (Å²) in [4.78, 5) is 12.4. The molecule has 0 spiro atoms. The van der Waals surface area contributed by atoms with Crippen molar-refractivity contribution in [2.24, 2.45) is 0 Å². The quantitative estimate of drug-likeness (QED) is 0.586. The summed E-state index contributed by atoms with van der Waals surface area (Å²) in [5.74, 6) is 0. The average molecular weight is 159 g/mol. The first-order valence-corrected chi connectivity index (χ1v) is 4.01. The minimum Gasteiger partial charge on any atom is -0.453 e. The first-order chi connectivity index (χ1) is 5.22. The molecule has 0 aliphatic heterocycles. The molecule has 3 nitrogen and oxygen atoms in total. The van der Waals surface area contributed by atoms with Crippen LogP contribution in [0.4, 0.5) is 4.79 Å². The first kappa shape index (κ1) is 10.3. The van der Waals surface area contributed by atoms with E-state index in [0.29, 0.717) is 0 Å². The van der Waals surface area contributed by atoms with E-state index in [-0.39, 0.29) is 6.09 Å². The molecule has 0 rings (SSSR count). The van der Waals surface area contributed by atoms with Crippen molar-refractivity contribution in [2.45, 2.75) is 26.2 Å². The lowest BCUT2D eigenvalue weighted by atomic mass is 10.2. The Bertz CT molecular complexity index is 115. The van der Waals surface area contributed by atoms with Crippen LogP contribution in [-0.4, -0.2) is 31.7 Å². The van der Waals surface area contributed by atoms with Gasteiger partial charge in [0.25, 0.3) is 0 Å². The largest absolute Gasteiger partial charge is 0.453 e. The van der Waals surface area contributed by atoms with E-state index in [2.05, 4.69) is 11.7 Å². The van der Waals surface area contributed by atoms with Gasteiger partial charge >= 0.3 is 6.09 Å². The number of methoxy groups -OCH3 is 1. The molecule has 0 fully saturated rings. The van der Waals surface area contributed by atoms with Crippen molar-refractivity contribution in [1.82, 2.24) is 4.90 Å². The highest BCUT2D eigenvalue weighted by Gasteiger charge is 2.05. The van der Waals surface area contributed by atoms with Gasteiger partial charge in [-0.2, -0.15) is 0 Å². The van der Waals surface area contributed by atoms with E-state index < -0.39 is 0 Å². The van der Waals surface area contributed by atoms with Gasteiger partial charge in [-0.1, -0.05) is 19.8 Å². The predicted molar refractivity (Wildman–Crippen MR) is 44.6 cm³/mol. The van der Waals surface area contributed by atoms with Gasteiger partial charge in [-0.15, -0.1) is 0 Å². The summed E-state index contributed by atoms with van der Waals surface area (Å²) in [6, 6.07) is 0. The third-order valence-corrected chi connectivity index (χ3v) is 1.58. The zero-order valence-corrected chi connectivity index (χ0v) is 7.59. The number of unbranched alkanes of at least 4 members (excludes halogenated alkanes) is 2. The molecule has 0 aromatic rings. The fraction of sp³-hybridized carbons (Fsp3) is 0.875. The van der Waals surface area contributed by atoms with Gasteiger partial charge in [0.05, 0.1) is 7.11 Å². The van der Waals surface area contributed by atoms with Crippen LogP contribution < -0.4 is 0 Å². The molecular formula is C8H17NO2. The Morgan fingerprint density at radius 3 is 2.55 bits per heavy atom. The maximum atomic E-state index is 10.8. The van der Waals surface area contributed by atoms with Crippen LogP contribution in [-0.2, 0) is 4.74 Å². The normalized spacial score (nSPS) is 9.36. The molecule has 0 aliphatic carbocycles. The van der Waals surface area contributed by atoms with Crippen molar-refractivity contribution >= 4 is 6.09 Å². The third-order valence-electron chi connectivity index (χ3n) is 1.58. The van der Waals surface area contributed by atoms with Crippen molar-refractivity contribution in [1.29, 1.82) is 0 Å². The number of carbonyl (C=O) groups is 1. The lowest BCUT2D eigenvalue weighted by Crippen LogP contribution is -2.27. The van der Waals surface area contributed by atoms with Gasteiger partial charge in [-0.05, 0) is 6.42 Å². The average Bonchev–Trinajstić information content (AvgIpc) is 2.03. The SMILES string of the molecule is CCCCCN(C)C(=O)OC. The Kier molecular flexibility index (Phi) is 5.61. The highest BCUT2D eigenvalue weighted by atomic mass is 16.5.